The van der Waals surface area contributed by atoms with Crippen molar-refractivity contribution in [3.63, 3.8) is 0 Å². The van der Waals surface area contributed by atoms with Crippen LogP contribution < -0.4 is 0 Å². The second-order valence-corrected chi connectivity index (χ2v) is 7.52. The van der Waals surface area contributed by atoms with E-state index in [-0.39, 0.29) is 24.4 Å². The minimum Gasteiger partial charge on any atom is -0.465 e. The Kier molecular flexibility index (Phi) is 16.4. The third-order valence-electron chi connectivity index (χ3n) is 4.91. The summed E-state index contributed by atoms with van der Waals surface area (Å²) >= 11 is 0. The molecule has 0 saturated carbocycles. The topological polar surface area (TPSA) is 29.5 Å². The van der Waals surface area contributed by atoms with Crippen molar-refractivity contribution >= 4 is 18.4 Å². The van der Waals surface area contributed by atoms with Crippen molar-refractivity contribution in [3.8, 4) is 0 Å². The maximum atomic E-state index is 12.4. The highest BCUT2D eigenvalue weighted by molar-refractivity contribution is 5.85. The Balaban J connectivity index is 0.00000676. The van der Waals surface area contributed by atoms with Crippen LogP contribution in [-0.2, 0) is 16.0 Å². The van der Waals surface area contributed by atoms with E-state index >= 15 is 0 Å². The van der Waals surface area contributed by atoms with Gasteiger partial charge >= 0.3 is 5.97 Å². The van der Waals surface area contributed by atoms with Crippen molar-refractivity contribution < 1.29 is 9.53 Å². The van der Waals surface area contributed by atoms with Crippen LogP contribution in [0.3, 0.4) is 0 Å². The molecule has 0 radical (unpaired) electrons. The van der Waals surface area contributed by atoms with Gasteiger partial charge in [0.1, 0.15) is 6.04 Å². The number of carbonyl (C=O) groups excluding carboxylic acids is 1. The van der Waals surface area contributed by atoms with Crippen molar-refractivity contribution in [2.75, 3.05) is 20.7 Å². The molecule has 156 valence electrons. The Morgan fingerprint density at radius 1 is 0.889 bits per heavy atom. The zero-order chi connectivity index (χ0) is 19.0. The Labute approximate surface area is 173 Å². The average molecular weight is 398 g/mol. The smallest absolute Gasteiger partial charge is 0.323 e. The highest BCUT2D eigenvalue weighted by atomic mass is 35.5. The predicted molar refractivity (Wildman–Crippen MR) is 118 cm³/mol. The van der Waals surface area contributed by atoms with Gasteiger partial charge in [-0.05, 0) is 32.5 Å². The first kappa shape index (κ1) is 25.9. The highest BCUT2D eigenvalue weighted by Gasteiger charge is 2.22. The van der Waals surface area contributed by atoms with E-state index in [9.17, 15) is 4.79 Å². The van der Waals surface area contributed by atoms with Gasteiger partial charge in [-0.25, -0.2) is 0 Å². The molecule has 1 atom stereocenters. The summed E-state index contributed by atoms with van der Waals surface area (Å²) < 4.78 is 5.53. The van der Waals surface area contributed by atoms with Crippen LogP contribution in [0.1, 0.15) is 76.7 Å². The van der Waals surface area contributed by atoms with Crippen molar-refractivity contribution in [2.45, 2.75) is 83.6 Å². The van der Waals surface area contributed by atoms with Gasteiger partial charge in [-0.2, -0.15) is 0 Å². The first-order chi connectivity index (χ1) is 12.6. The molecule has 0 amide bonds. The maximum Gasteiger partial charge on any atom is 0.323 e. The van der Waals surface area contributed by atoms with E-state index in [1.54, 1.807) is 0 Å². The van der Waals surface area contributed by atoms with E-state index < -0.39 is 0 Å². The fourth-order valence-corrected chi connectivity index (χ4v) is 3.17. The molecule has 0 fully saturated rings. The first-order valence-electron chi connectivity index (χ1n) is 10.5. The molecule has 27 heavy (non-hydrogen) atoms. The van der Waals surface area contributed by atoms with Gasteiger partial charge in [0.15, 0.2) is 0 Å². The van der Waals surface area contributed by atoms with Gasteiger partial charge in [0.25, 0.3) is 0 Å². The first-order valence-corrected chi connectivity index (χ1v) is 10.5. The van der Waals surface area contributed by atoms with Crippen molar-refractivity contribution in [1.29, 1.82) is 0 Å². The van der Waals surface area contributed by atoms with E-state index in [4.69, 9.17) is 4.74 Å². The van der Waals surface area contributed by atoms with Gasteiger partial charge < -0.3 is 4.74 Å². The maximum absolute atomic E-state index is 12.4. The number of nitrogens with zero attached hydrogens (tertiary/aromatic N) is 1. The zero-order valence-corrected chi connectivity index (χ0v) is 18.4. The lowest BCUT2D eigenvalue weighted by Gasteiger charge is -2.22. The van der Waals surface area contributed by atoms with E-state index in [2.05, 4.69) is 19.1 Å². The molecule has 0 spiro atoms. The van der Waals surface area contributed by atoms with Gasteiger partial charge in [-0.15, -0.1) is 12.4 Å². The number of carbonyl (C=O) groups is 1. The van der Waals surface area contributed by atoms with E-state index in [0.717, 1.165) is 12.8 Å². The minimum absolute atomic E-state index is 0. The number of rotatable bonds is 15. The Morgan fingerprint density at radius 2 is 1.41 bits per heavy atom. The summed E-state index contributed by atoms with van der Waals surface area (Å²) in [6.45, 7) is 2.81. The molecule has 0 bridgehead atoms. The number of hydrogen-bond donors (Lipinski definition) is 0. The van der Waals surface area contributed by atoms with Crippen molar-refractivity contribution in [2.24, 2.45) is 0 Å². The molecule has 0 heterocycles. The second-order valence-electron chi connectivity index (χ2n) is 7.52. The van der Waals surface area contributed by atoms with Gasteiger partial charge in [0.2, 0.25) is 0 Å². The van der Waals surface area contributed by atoms with Gasteiger partial charge in [-0.1, -0.05) is 95.0 Å². The molecule has 1 aromatic rings. The second kappa shape index (κ2) is 17.1. The lowest BCUT2D eigenvalue weighted by atomic mass is 10.1. The number of hydrogen-bond acceptors (Lipinski definition) is 3. The zero-order valence-electron chi connectivity index (χ0n) is 17.6. The molecule has 0 aromatic heterocycles. The van der Waals surface area contributed by atoms with Crippen LogP contribution in [0.2, 0.25) is 0 Å². The van der Waals surface area contributed by atoms with Gasteiger partial charge in [-0.3, -0.25) is 9.69 Å². The normalized spacial score (nSPS) is 11.9. The highest BCUT2D eigenvalue weighted by Crippen LogP contribution is 2.12. The van der Waals surface area contributed by atoms with Gasteiger partial charge in [0.05, 0.1) is 6.61 Å². The molecule has 1 rings (SSSR count). The number of unbranched alkanes of at least 4 members (excludes halogenated alkanes) is 9. The van der Waals surface area contributed by atoms with Crippen LogP contribution in [0, 0.1) is 0 Å². The molecule has 4 heteroatoms. The summed E-state index contributed by atoms with van der Waals surface area (Å²) in [5.74, 6) is -0.102. The number of esters is 1. The Morgan fingerprint density at radius 3 is 1.93 bits per heavy atom. The van der Waals surface area contributed by atoms with E-state index in [1.807, 2.05) is 37.2 Å². The number of benzene rings is 1. The van der Waals surface area contributed by atoms with Crippen LogP contribution in [-0.4, -0.2) is 37.6 Å². The Bertz CT molecular complexity index is 465. The number of likely N-dealkylation sites (N-methyl/N-ethyl adjacent to an activating group) is 1. The molecule has 0 aliphatic rings. The molecule has 0 aliphatic heterocycles. The third-order valence-corrected chi connectivity index (χ3v) is 4.91. The summed E-state index contributed by atoms with van der Waals surface area (Å²) in [5.41, 5.74) is 1.17. The summed E-state index contributed by atoms with van der Waals surface area (Å²) in [6, 6.07) is 9.94. The van der Waals surface area contributed by atoms with Crippen molar-refractivity contribution in [1.82, 2.24) is 4.90 Å². The average Bonchev–Trinajstić information content (AvgIpc) is 2.64. The van der Waals surface area contributed by atoms with Crippen LogP contribution in [0.25, 0.3) is 0 Å². The van der Waals surface area contributed by atoms with Crippen LogP contribution >= 0.6 is 12.4 Å². The largest absolute Gasteiger partial charge is 0.465 e. The van der Waals surface area contributed by atoms with Crippen LogP contribution in [0.4, 0.5) is 0 Å². The lowest BCUT2D eigenvalue weighted by molar-refractivity contribution is -0.149. The molecular formula is C23H40ClNO2. The fraction of sp³-hybridized carbons (Fsp3) is 0.696. The standard InChI is InChI=1S/C23H39NO2.ClH/c1-4-5-6-7-8-9-10-11-12-16-19-26-23(25)22(24(2)3)20-21-17-14-13-15-18-21;/h13-15,17-18,22H,4-12,16,19-20H2,1-3H3;1H. The van der Waals surface area contributed by atoms with Crippen molar-refractivity contribution in [3.05, 3.63) is 35.9 Å². The molecule has 0 N–H and O–H groups in total. The SMILES string of the molecule is CCCCCCCCCCCCOC(=O)C(Cc1ccccc1)N(C)C.Cl. The van der Waals surface area contributed by atoms with Crippen LogP contribution in [0.15, 0.2) is 30.3 Å². The molecule has 0 aliphatic carbocycles. The quantitative estimate of drug-likeness (QED) is 0.266. The minimum atomic E-state index is -0.208. The monoisotopic (exact) mass is 397 g/mol. The molecular weight excluding hydrogens is 358 g/mol. The molecule has 0 saturated heterocycles. The van der Waals surface area contributed by atoms with Crippen LogP contribution in [0.5, 0.6) is 0 Å². The molecule has 1 unspecified atom stereocenters. The Hall–Kier alpha value is -1.06. The summed E-state index contributed by atoms with van der Waals surface area (Å²) in [7, 11) is 3.88. The van der Waals surface area contributed by atoms with Gasteiger partial charge in [0, 0.05) is 0 Å². The fourth-order valence-electron chi connectivity index (χ4n) is 3.17. The number of halogens is 1. The molecule has 1 aromatic carbocycles. The summed E-state index contributed by atoms with van der Waals surface area (Å²) in [5, 5.41) is 0. The predicted octanol–water partition coefficient (Wildman–Crippen LogP) is 6.05. The van der Waals surface area contributed by atoms with E-state index in [0.29, 0.717) is 13.0 Å². The van der Waals surface area contributed by atoms with E-state index in [1.165, 1.54) is 56.9 Å². The third kappa shape index (κ3) is 12.9. The summed E-state index contributed by atoms with van der Waals surface area (Å²) in [4.78, 5) is 14.3. The number of ether oxygens (including phenoxy) is 1. The summed E-state index contributed by atoms with van der Waals surface area (Å²) in [6.07, 6.45) is 13.6. The molecule has 3 nitrogen and oxygen atoms in total. The lowest BCUT2D eigenvalue weighted by Crippen LogP contribution is -2.39.